The molecule has 1 aromatic rings. The fourth-order valence-electron chi connectivity index (χ4n) is 1.45. The van der Waals surface area contributed by atoms with Crippen molar-refractivity contribution in [1.29, 1.82) is 0 Å². The minimum Gasteiger partial charge on any atom is -0.495 e. The van der Waals surface area contributed by atoms with Crippen molar-refractivity contribution < 1.29 is 14.3 Å². The van der Waals surface area contributed by atoms with Gasteiger partial charge in [0.15, 0.2) is 0 Å². The van der Waals surface area contributed by atoms with E-state index in [1.54, 1.807) is 18.2 Å². The number of methoxy groups -OCH3 is 2. The zero-order valence-corrected chi connectivity index (χ0v) is 12.4. The van der Waals surface area contributed by atoms with E-state index in [1.165, 1.54) is 14.2 Å². The van der Waals surface area contributed by atoms with Gasteiger partial charge in [0.25, 0.3) is 0 Å². The van der Waals surface area contributed by atoms with Gasteiger partial charge < -0.3 is 20.5 Å². The SMILES string of the molecule is COc1ccc(Cl)cc1NC(=O)CC(CN)OC.Cl. The lowest BCUT2D eigenvalue weighted by Gasteiger charge is -2.14. The van der Waals surface area contributed by atoms with Gasteiger partial charge in [-0.1, -0.05) is 11.6 Å². The summed E-state index contributed by atoms with van der Waals surface area (Å²) in [5, 5.41) is 3.24. The van der Waals surface area contributed by atoms with Gasteiger partial charge in [-0.3, -0.25) is 4.79 Å². The maximum atomic E-state index is 11.8. The van der Waals surface area contributed by atoms with Crippen molar-refractivity contribution in [3.63, 3.8) is 0 Å². The van der Waals surface area contributed by atoms with E-state index in [1.807, 2.05) is 0 Å². The van der Waals surface area contributed by atoms with E-state index in [-0.39, 0.29) is 37.4 Å². The first-order valence-electron chi connectivity index (χ1n) is 5.47. The summed E-state index contributed by atoms with van der Waals surface area (Å²) in [7, 11) is 3.04. The highest BCUT2D eigenvalue weighted by atomic mass is 35.5. The molecule has 1 amide bonds. The first-order chi connectivity index (χ1) is 8.60. The zero-order valence-electron chi connectivity index (χ0n) is 10.8. The van der Waals surface area contributed by atoms with E-state index < -0.39 is 0 Å². The minimum atomic E-state index is -0.296. The number of halogens is 2. The quantitative estimate of drug-likeness (QED) is 0.844. The fraction of sp³-hybridized carbons (Fsp3) is 0.417. The molecule has 0 heterocycles. The Bertz CT molecular complexity index is 412. The van der Waals surface area contributed by atoms with E-state index in [0.717, 1.165) is 0 Å². The van der Waals surface area contributed by atoms with E-state index in [2.05, 4.69) is 5.32 Å². The highest BCUT2D eigenvalue weighted by Crippen LogP contribution is 2.27. The second kappa shape index (κ2) is 8.98. The number of ether oxygens (including phenoxy) is 2. The van der Waals surface area contributed by atoms with Crippen molar-refractivity contribution >= 4 is 35.6 Å². The van der Waals surface area contributed by atoms with Crippen molar-refractivity contribution in [2.45, 2.75) is 12.5 Å². The molecular formula is C12H18Cl2N2O3. The standard InChI is InChI=1S/C12H17ClN2O3.ClH/c1-17-9(7-14)6-12(16)15-10-5-8(13)3-4-11(10)18-2;/h3-5,9H,6-7,14H2,1-2H3,(H,15,16);1H. The molecule has 3 N–H and O–H groups in total. The molecule has 5 nitrogen and oxygen atoms in total. The van der Waals surface area contributed by atoms with Crippen LogP contribution in [0.3, 0.4) is 0 Å². The Balaban J connectivity index is 0.00000324. The highest BCUT2D eigenvalue weighted by Gasteiger charge is 2.13. The van der Waals surface area contributed by atoms with Crippen LogP contribution in [-0.4, -0.2) is 32.8 Å². The van der Waals surface area contributed by atoms with Gasteiger partial charge in [0, 0.05) is 18.7 Å². The lowest BCUT2D eigenvalue weighted by molar-refractivity contribution is -0.118. The maximum absolute atomic E-state index is 11.8. The average molecular weight is 309 g/mol. The third-order valence-electron chi connectivity index (χ3n) is 2.44. The number of hydrogen-bond donors (Lipinski definition) is 2. The number of hydrogen-bond acceptors (Lipinski definition) is 4. The molecule has 0 aliphatic carbocycles. The molecule has 1 rings (SSSR count). The lowest BCUT2D eigenvalue weighted by Crippen LogP contribution is -2.28. The summed E-state index contributed by atoms with van der Waals surface area (Å²) in [5.74, 6) is 0.349. The Hall–Kier alpha value is -1.01. The average Bonchev–Trinajstić information content (AvgIpc) is 2.36. The zero-order chi connectivity index (χ0) is 13.5. The molecule has 0 bridgehead atoms. The second-order valence-corrected chi connectivity index (χ2v) is 4.13. The molecule has 1 atom stereocenters. The Morgan fingerprint density at radius 2 is 2.16 bits per heavy atom. The van der Waals surface area contributed by atoms with Gasteiger partial charge in [-0.25, -0.2) is 0 Å². The molecule has 0 saturated carbocycles. The molecule has 1 unspecified atom stereocenters. The predicted molar refractivity (Wildman–Crippen MR) is 78.4 cm³/mol. The number of nitrogens with one attached hydrogen (secondary N) is 1. The van der Waals surface area contributed by atoms with E-state index in [0.29, 0.717) is 16.5 Å². The first kappa shape index (κ1) is 18.0. The molecule has 7 heteroatoms. The maximum Gasteiger partial charge on any atom is 0.227 e. The molecule has 0 fully saturated rings. The fourth-order valence-corrected chi connectivity index (χ4v) is 1.62. The first-order valence-corrected chi connectivity index (χ1v) is 5.84. The van der Waals surface area contributed by atoms with Crippen LogP contribution in [0.5, 0.6) is 5.75 Å². The highest BCUT2D eigenvalue weighted by molar-refractivity contribution is 6.31. The van der Waals surface area contributed by atoms with Gasteiger partial charge in [0.2, 0.25) is 5.91 Å². The van der Waals surface area contributed by atoms with Crippen LogP contribution < -0.4 is 15.8 Å². The minimum absolute atomic E-state index is 0. The molecular weight excluding hydrogens is 291 g/mol. The van der Waals surface area contributed by atoms with Crippen molar-refractivity contribution in [3.8, 4) is 5.75 Å². The van der Waals surface area contributed by atoms with Crippen LogP contribution >= 0.6 is 24.0 Å². The van der Waals surface area contributed by atoms with Crippen LogP contribution in [0, 0.1) is 0 Å². The number of carbonyl (C=O) groups is 1. The second-order valence-electron chi connectivity index (χ2n) is 3.69. The summed E-state index contributed by atoms with van der Waals surface area (Å²) in [6.45, 7) is 0.288. The number of amides is 1. The number of rotatable bonds is 6. The van der Waals surface area contributed by atoms with Crippen LogP contribution in [-0.2, 0) is 9.53 Å². The summed E-state index contributed by atoms with van der Waals surface area (Å²) in [6, 6.07) is 5.01. The molecule has 108 valence electrons. The van der Waals surface area contributed by atoms with Crippen LogP contribution in [0.4, 0.5) is 5.69 Å². The largest absolute Gasteiger partial charge is 0.495 e. The van der Waals surface area contributed by atoms with E-state index in [9.17, 15) is 4.79 Å². The number of nitrogens with two attached hydrogens (primary N) is 1. The van der Waals surface area contributed by atoms with Gasteiger partial charge in [0.1, 0.15) is 5.75 Å². The van der Waals surface area contributed by atoms with Crippen molar-refractivity contribution in [1.82, 2.24) is 0 Å². The van der Waals surface area contributed by atoms with Crippen LogP contribution in [0.1, 0.15) is 6.42 Å². The van der Waals surface area contributed by atoms with Gasteiger partial charge in [-0.15, -0.1) is 12.4 Å². The molecule has 0 aliphatic rings. The van der Waals surface area contributed by atoms with Gasteiger partial charge >= 0.3 is 0 Å². The number of carbonyl (C=O) groups excluding carboxylic acids is 1. The third-order valence-corrected chi connectivity index (χ3v) is 2.68. The summed E-state index contributed by atoms with van der Waals surface area (Å²) in [5.41, 5.74) is 5.98. The monoisotopic (exact) mass is 308 g/mol. The smallest absolute Gasteiger partial charge is 0.227 e. The van der Waals surface area contributed by atoms with Crippen molar-refractivity contribution in [2.24, 2.45) is 5.73 Å². The van der Waals surface area contributed by atoms with Crippen LogP contribution in [0.25, 0.3) is 0 Å². The van der Waals surface area contributed by atoms with Crippen LogP contribution in [0.15, 0.2) is 18.2 Å². The van der Waals surface area contributed by atoms with Crippen molar-refractivity contribution in [2.75, 3.05) is 26.1 Å². The van der Waals surface area contributed by atoms with Gasteiger partial charge in [0.05, 0.1) is 25.3 Å². The Kier molecular flexibility index (Phi) is 8.51. The number of benzene rings is 1. The van der Waals surface area contributed by atoms with E-state index >= 15 is 0 Å². The molecule has 19 heavy (non-hydrogen) atoms. The molecule has 0 saturated heterocycles. The summed E-state index contributed by atoms with van der Waals surface area (Å²) >= 11 is 5.87. The molecule has 0 aromatic heterocycles. The lowest BCUT2D eigenvalue weighted by atomic mass is 10.2. The topological polar surface area (TPSA) is 73.6 Å². The summed E-state index contributed by atoms with van der Waals surface area (Å²) < 4.78 is 10.2. The Morgan fingerprint density at radius 1 is 1.47 bits per heavy atom. The molecule has 0 aliphatic heterocycles. The summed E-state index contributed by atoms with van der Waals surface area (Å²) in [6.07, 6.45) is -0.113. The third kappa shape index (κ3) is 5.65. The Labute approximate surface area is 123 Å². The Morgan fingerprint density at radius 3 is 2.68 bits per heavy atom. The van der Waals surface area contributed by atoms with E-state index in [4.69, 9.17) is 26.8 Å². The molecule has 1 aromatic carbocycles. The van der Waals surface area contributed by atoms with Crippen molar-refractivity contribution in [3.05, 3.63) is 23.2 Å². The molecule has 0 radical (unpaired) electrons. The number of anilines is 1. The normalized spacial score (nSPS) is 11.4. The van der Waals surface area contributed by atoms with Gasteiger partial charge in [-0.05, 0) is 18.2 Å². The summed E-state index contributed by atoms with van der Waals surface area (Å²) in [4.78, 5) is 11.8. The van der Waals surface area contributed by atoms with Gasteiger partial charge in [-0.2, -0.15) is 0 Å². The van der Waals surface area contributed by atoms with Crippen LogP contribution in [0.2, 0.25) is 5.02 Å². The predicted octanol–water partition coefficient (Wildman–Crippen LogP) is 2.07. The molecule has 0 spiro atoms.